The normalized spacial score (nSPS) is 11.3. The van der Waals surface area contributed by atoms with Crippen LogP contribution in [0.3, 0.4) is 0 Å². The van der Waals surface area contributed by atoms with Crippen LogP contribution >= 0.6 is 0 Å². The van der Waals surface area contributed by atoms with Crippen LogP contribution in [0.1, 0.15) is 24.0 Å². The number of hydrogen-bond acceptors (Lipinski definition) is 5. The third kappa shape index (κ3) is 5.72. The van der Waals surface area contributed by atoms with Crippen LogP contribution in [0.15, 0.2) is 61.7 Å². The molecule has 0 fully saturated rings. The van der Waals surface area contributed by atoms with Gasteiger partial charge in [0.15, 0.2) is 0 Å². The second-order valence-corrected chi connectivity index (χ2v) is 5.59. The first-order chi connectivity index (χ1) is 12.5. The molecule has 26 heavy (non-hydrogen) atoms. The highest BCUT2D eigenvalue weighted by molar-refractivity contribution is 5.79. The van der Waals surface area contributed by atoms with E-state index in [0.717, 1.165) is 11.1 Å². The van der Waals surface area contributed by atoms with Crippen molar-refractivity contribution in [3.8, 4) is 11.5 Å². The molecule has 134 valence electrons. The minimum atomic E-state index is -0.912. The maximum atomic E-state index is 12.0. The number of carbonyl (C=O) groups is 2. The number of carbonyl (C=O) groups excluding carboxylic acids is 2. The second kappa shape index (κ2) is 9.34. The zero-order valence-corrected chi connectivity index (χ0v) is 14.4. The molecule has 0 amide bonds. The zero-order valence-electron chi connectivity index (χ0n) is 14.4. The minimum absolute atomic E-state index is 0.00881. The van der Waals surface area contributed by atoms with Crippen LogP contribution in [-0.2, 0) is 9.59 Å². The lowest BCUT2D eigenvalue weighted by Gasteiger charge is -2.11. The van der Waals surface area contributed by atoms with Gasteiger partial charge >= 0.3 is 11.9 Å². The Morgan fingerprint density at radius 3 is 1.81 bits per heavy atom. The van der Waals surface area contributed by atoms with Gasteiger partial charge < -0.3 is 15.2 Å². The highest BCUT2D eigenvalue weighted by Gasteiger charge is 2.18. The predicted octanol–water partition coefficient (Wildman–Crippen LogP) is 3.59. The molecule has 0 aliphatic rings. The first kappa shape index (κ1) is 19.1. The Morgan fingerprint density at radius 1 is 0.885 bits per heavy atom. The molecule has 0 unspecified atom stereocenters. The maximum Gasteiger partial charge on any atom is 0.328 e. The minimum Gasteiger partial charge on any atom is -0.427 e. The van der Waals surface area contributed by atoms with E-state index in [2.05, 4.69) is 13.2 Å². The topological polar surface area (TPSA) is 78.6 Å². The summed E-state index contributed by atoms with van der Waals surface area (Å²) in [6, 6.07) is 12.9. The van der Waals surface area contributed by atoms with E-state index in [1.165, 1.54) is 0 Å². The van der Waals surface area contributed by atoms with E-state index in [4.69, 9.17) is 15.2 Å². The molecule has 0 radical (unpaired) electrons. The Labute approximate surface area is 152 Å². The van der Waals surface area contributed by atoms with E-state index in [1.54, 1.807) is 60.7 Å². The Hall–Kier alpha value is -3.18. The summed E-state index contributed by atoms with van der Waals surface area (Å²) in [5.74, 6) is -0.241. The quantitative estimate of drug-likeness (QED) is 0.581. The van der Waals surface area contributed by atoms with E-state index in [-0.39, 0.29) is 12.8 Å². The monoisotopic (exact) mass is 351 g/mol. The van der Waals surface area contributed by atoms with Crippen molar-refractivity contribution < 1.29 is 19.1 Å². The van der Waals surface area contributed by atoms with Gasteiger partial charge in [0.25, 0.3) is 0 Å². The van der Waals surface area contributed by atoms with Gasteiger partial charge in [-0.3, -0.25) is 4.79 Å². The highest BCUT2D eigenvalue weighted by atomic mass is 16.5. The molecule has 5 heteroatoms. The summed E-state index contributed by atoms with van der Waals surface area (Å²) in [6.45, 7) is 7.31. The number of rotatable bonds is 8. The number of benzene rings is 2. The average Bonchev–Trinajstić information content (AvgIpc) is 2.67. The molecule has 0 bridgehead atoms. The van der Waals surface area contributed by atoms with Crippen molar-refractivity contribution in [2.24, 2.45) is 5.73 Å². The standard InChI is InChI=1S/C21H21NO4/c1-3-15-5-9-17(10-6-15)25-20(23)14-13-19(22)21(24)26-18-11-7-16(4-2)8-12-18/h3-12,19H,1-2,13-14,22H2/t19-/m0/s1. The summed E-state index contributed by atoms with van der Waals surface area (Å²) in [4.78, 5) is 23.8. The van der Waals surface area contributed by atoms with Crippen molar-refractivity contribution >= 4 is 24.1 Å². The fraction of sp³-hybridized carbons (Fsp3) is 0.143. The van der Waals surface area contributed by atoms with E-state index in [9.17, 15) is 9.59 Å². The lowest BCUT2D eigenvalue weighted by molar-refractivity contribution is -0.137. The molecule has 0 aliphatic carbocycles. The van der Waals surface area contributed by atoms with Gasteiger partial charge in [0.2, 0.25) is 0 Å². The maximum absolute atomic E-state index is 12.0. The Morgan fingerprint density at radius 2 is 1.35 bits per heavy atom. The van der Waals surface area contributed by atoms with Crippen molar-refractivity contribution in [3.63, 3.8) is 0 Å². The van der Waals surface area contributed by atoms with Crippen molar-refractivity contribution in [3.05, 3.63) is 72.8 Å². The smallest absolute Gasteiger partial charge is 0.328 e. The average molecular weight is 351 g/mol. The molecular weight excluding hydrogens is 330 g/mol. The third-order valence-electron chi connectivity index (χ3n) is 3.64. The molecular formula is C21H21NO4. The van der Waals surface area contributed by atoms with E-state index in [1.807, 2.05) is 0 Å². The summed E-state index contributed by atoms with van der Waals surface area (Å²) in [5.41, 5.74) is 7.63. The van der Waals surface area contributed by atoms with Crippen LogP contribution in [0, 0.1) is 0 Å². The van der Waals surface area contributed by atoms with Crippen LogP contribution in [0.2, 0.25) is 0 Å². The van der Waals surface area contributed by atoms with Gasteiger partial charge in [0.1, 0.15) is 17.5 Å². The number of nitrogens with two attached hydrogens (primary N) is 1. The SMILES string of the molecule is C=Cc1ccc(OC(=O)CC[C@H](N)C(=O)Oc2ccc(C=C)cc2)cc1. The third-order valence-corrected chi connectivity index (χ3v) is 3.64. The molecule has 2 aromatic rings. The largest absolute Gasteiger partial charge is 0.427 e. The zero-order chi connectivity index (χ0) is 18.9. The molecule has 0 saturated heterocycles. The molecule has 2 rings (SSSR count). The molecule has 2 aromatic carbocycles. The fourth-order valence-corrected chi connectivity index (χ4v) is 2.11. The van der Waals surface area contributed by atoms with Gasteiger partial charge in [-0.15, -0.1) is 0 Å². The summed E-state index contributed by atoms with van der Waals surface area (Å²) < 4.78 is 10.4. The van der Waals surface area contributed by atoms with E-state index >= 15 is 0 Å². The molecule has 0 aromatic heterocycles. The van der Waals surface area contributed by atoms with Gasteiger partial charge in [0, 0.05) is 6.42 Å². The van der Waals surface area contributed by atoms with Gasteiger partial charge in [-0.2, -0.15) is 0 Å². The van der Waals surface area contributed by atoms with Crippen LogP contribution in [0.5, 0.6) is 11.5 Å². The van der Waals surface area contributed by atoms with Gasteiger partial charge in [0.05, 0.1) is 0 Å². The molecule has 0 saturated carbocycles. The molecule has 2 N–H and O–H groups in total. The van der Waals surface area contributed by atoms with Gasteiger partial charge in [-0.05, 0) is 41.8 Å². The molecule has 0 spiro atoms. The van der Waals surface area contributed by atoms with Gasteiger partial charge in [-0.1, -0.05) is 49.6 Å². The van der Waals surface area contributed by atoms with E-state index in [0.29, 0.717) is 11.5 Å². The molecule has 5 nitrogen and oxygen atoms in total. The second-order valence-electron chi connectivity index (χ2n) is 5.59. The van der Waals surface area contributed by atoms with Crippen LogP contribution in [-0.4, -0.2) is 18.0 Å². The fourth-order valence-electron chi connectivity index (χ4n) is 2.11. The van der Waals surface area contributed by atoms with Crippen LogP contribution in [0.4, 0.5) is 0 Å². The summed E-state index contributed by atoms with van der Waals surface area (Å²) in [5, 5.41) is 0. The first-order valence-electron chi connectivity index (χ1n) is 8.15. The lowest BCUT2D eigenvalue weighted by atomic mass is 10.1. The van der Waals surface area contributed by atoms with Crippen molar-refractivity contribution in [1.82, 2.24) is 0 Å². The summed E-state index contributed by atoms with van der Waals surface area (Å²) in [6.07, 6.45) is 3.52. The predicted molar refractivity (Wildman–Crippen MR) is 102 cm³/mol. The highest BCUT2D eigenvalue weighted by Crippen LogP contribution is 2.15. The summed E-state index contributed by atoms with van der Waals surface area (Å²) >= 11 is 0. The van der Waals surface area contributed by atoms with Crippen molar-refractivity contribution in [1.29, 1.82) is 0 Å². The van der Waals surface area contributed by atoms with Crippen LogP contribution < -0.4 is 15.2 Å². The Balaban J connectivity index is 1.79. The van der Waals surface area contributed by atoms with Crippen molar-refractivity contribution in [2.75, 3.05) is 0 Å². The molecule has 0 heterocycles. The van der Waals surface area contributed by atoms with Crippen molar-refractivity contribution in [2.45, 2.75) is 18.9 Å². The number of ether oxygens (including phenoxy) is 2. The Bertz CT molecular complexity index is 779. The molecule has 0 aliphatic heterocycles. The first-order valence-corrected chi connectivity index (χ1v) is 8.15. The summed E-state index contributed by atoms with van der Waals surface area (Å²) in [7, 11) is 0. The van der Waals surface area contributed by atoms with E-state index < -0.39 is 18.0 Å². The Kier molecular flexibility index (Phi) is 6.88. The lowest BCUT2D eigenvalue weighted by Crippen LogP contribution is -2.35. The molecule has 1 atom stereocenters. The number of esters is 2. The number of hydrogen-bond donors (Lipinski definition) is 1. The van der Waals surface area contributed by atoms with Gasteiger partial charge in [-0.25, -0.2) is 4.79 Å². The van der Waals surface area contributed by atoms with Crippen LogP contribution in [0.25, 0.3) is 12.2 Å².